The topological polar surface area (TPSA) is 104 Å². The summed E-state index contributed by atoms with van der Waals surface area (Å²) < 4.78 is 33.2. The van der Waals surface area contributed by atoms with Crippen LogP contribution in [0.4, 0.5) is 8.78 Å². The zero-order valence-electron chi connectivity index (χ0n) is 21.8. The number of H-pyrrole nitrogens is 1. The highest BCUT2D eigenvalue weighted by Gasteiger charge is 2.23. The number of nitrogens with zero attached hydrogens (tertiary/aromatic N) is 1. The number of aromatic nitrogens is 2. The van der Waals surface area contributed by atoms with Crippen molar-refractivity contribution in [1.82, 2.24) is 15.3 Å². The summed E-state index contributed by atoms with van der Waals surface area (Å²) in [5.74, 6) is -1.39. The molecule has 3 N–H and O–H groups in total. The third-order valence-corrected chi connectivity index (χ3v) is 7.02. The molecule has 0 fully saturated rings. The molecule has 40 heavy (non-hydrogen) atoms. The minimum Gasteiger partial charge on any atom is -0.480 e. The molecule has 0 radical (unpaired) electrons. The second-order valence-electron chi connectivity index (χ2n) is 9.13. The van der Waals surface area contributed by atoms with E-state index in [-0.39, 0.29) is 36.9 Å². The van der Waals surface area contributed by atoms with Gasteiger partial charge in [-0.05, 0) is 77.1 Å². The lowest BCUT2D eigenvalue weighted by Gasteiger charge is -2.18. The van der Waals surface area contributed by atoms with Crippen LogP contribution in [0.15, 0.2) is 79.1 Å². The van der Waals surface area contributed by atoms with E-state index in [0.717, 1.165) is 11.1 Å². The van der Waals surface area contributed by atoms with E-state index in [9.17, 15) is 23.5 Å². The number of hydrogen-bond donors (Lipinski definition) is 3. The molecule has 3 aromatic carbocycles. The first-order valence-corrected chi connectivity index (χ1v) is 14.0. The van der Waals surface area contributed by atoms with E-state index >= 15 is 0 Å². The summed E-state index contributed by atoms with van der Waals surface area (Å²) in [6, 6.07) is 16.0. The first kappa shape index (κ1) is 29.0. The minimum absolute atomic E-state index is 0.194. The molecule has 0 saturated carbocycles. The Hall–Kier alpha value is -4.02. The van der Waals surface area contributed by atoms with E-state index in [1.807, 2.05) is 6.26 Å². The fraction of sp³-hybridized carbons (Fsp3) is 0.233. The van der Waals surface area contributed by atoms with Crippen LogP contribution in [0.5, 0.6) is 0 Å². The normalized spacial score (nSPS) is 12.6. The molecule has 1 aromatic heterocycles. The maximum Gasteiger partial charge on any atom is 0.326 e. The Kier molecular flexibility index (Phi) is 10.0. The van der Waals surface area contributed by atoms with Gasteiger partial charge in [0, 0.05) is 18.0 Å². The van der Waals surface area contributed by atoms with Gasteiger partial charge in [0.2, 0.25) is 0 Å². The van der Waals surface area contributed by atoms with Crippen molar-refractivity contribution in [2.24, 2.45) is 0 Å². The van der Waals surface area contributed by atoms with Gasteiger partial charge in [-0.1, -0.05) is 30.3 Å². The van der Waals surface area contributed by atoms with Crippen molar-refractivity contribution in [2.75, 3.05) is 18.6 Å². The molecule has 2 atom stereocenters. The Balaban J connectivity index is 1.55. The van der Waals surface area contributed by atoms with Gasteiger partial charge in [0.05, 0.1) is 19.1 Å². The molecule has 1 unspecified atom stereocenters. The van der Waals surface area contributed by atoms with Gasteiger partial charge in [0.25, 0.3) is 5.91 Å². The second-order valence-corrected chi connectivity index (χ2v) is 10.1. The molecule has 0 bridgehead atoms. The van der Waals surface area contributed by atoms with Crippen LogP contribution in [0.2, 0.25) is 0 Å². The van der Waals surface area contributed by atoms with Crippen LogP contribution in [0, 0.1) is 11.6 Å². The molecule has 1 heterocycles. The Bertz CT molecular complexity index is 1410. The van der Waals surface area contributed by atoms with Crippen molar-refractivity contribution in [1.29, 1.82) is 0 Å². The first-order valence-electron chi connectivity index (χ1n) is 12.6. The monoisotopic (exact) mass is 565 g/mol. The van der Waals surface area contributed by atoms with Gasteiger partial charge in [-0.3, -0.25) is 4.79 Å². The van der Waals surface area contributed by atoms with E-state index < -0.39 is 23.7 Å². The Labute approximate surface area is 235 Å². The lowest BCUT2D eigenvalue weighted by molar-refractivity contribution is -0.139. The van der Waals surface area contributed by atoms with E-state index in [1.165, 1.54) is 36.0 Å². The number of thioether (sulfide) groups is 1. The van der Waals surface area contributed by atoms with Crippen LogP contribution >= 0.6 is 11.8 Å². The number of halogens is 2. The molecule has 0 spiro atoms. The van der Waals surface area contributed by atoms with Gasteiger partial charge in [-0.15, -0.1) is 0 Å². The van der Waals surface area contributed by atoms with Crippen molar-refractivity contribution in [3.63, 3.8) is 0 Å². The van der Waals surface area contributed by atoms with Crippen molar-refractivity contribution in [2.45, 2.75) is 25.0 Å². The van der Waals surface area contributed by atoms with Crippen LogP contribution in [0.3, 0.4) is 0 Å². The highest BCUT2D eigenvalue weighted by molar-refractivity contribution is 7.98. The molecular formula is C30H29F2N3O4S. The van der Waals surface area contributed by atoms with Crippen LogP contribution in [0.1, 0.15) is 39.6 Å². The number of hydrogen-bond acceptors (Lipinski definition) is 5. The van der Waals surface area contributed by atoms with Crippen molar-refractivity contribution < 1.29 is 28.2 Å². The van der Waals surface area contributed by atoms with Crippen LogP contribution in [-0.4, -0.2) is 51.6 Å². The number of aliphatic carboxylic acids is 1. The van der Waals surface area contributed by atoms with E-state index in [4.69, 9.17) is 4.74 Å². The number of benzene rings is 3. The fourth-order valence-electron chi connectivity index (χ4n) is 4.27. The molecule has 0 aliphatic rings. The van der Waals surface area contributed by atoms with Gasteiger partial charge < -0.3 is 20.1 Å². The van der Waals surface area contributed by atoms with Gasteiger partial charge in [-0.2, -0.15) is 11.8 Å². The number of carbonyl (C=O) groups is 2. The molecule has 0 saturated heterocycles. The fourth-order valence-corrected chi connectivity index (χ4v) is 4.74. The summed E-state index contributed by atoms with van der Waals surface area (Å²) in [5, 5.41) is 12.2. The predicted molar refractivity (Wildman–Crippen MR) is 150 cm³/mol. The number of nitrogens with one attached hydrogen (secondary N) is 2. The maximum atomic E-state index is 13.6. The average molecular weight is 566 g/mol. The summed E-state index contributed by atoms with van der Waals surface area (Å²) in [4.78, 5) is 32.3. The number of carboxylic acids is 1. The lowest BCUT2D eigenvalue weighted by Crippen LogP contribution is -2.41. The number of aromatic amines is 1. The van der Waals surface area contributed by atoms with Crippen molar-refractivity contribution in [3.8, 4) is 11.1 Å². The molecular weight excluding hydrogens is 536 g/mol. The smallest absolute Gasteiger partial charge is 0.326 e. The number of carboxylic acid groups (broad SMARTS) is 1. The third-order valence-electron chi connectivity index (χ3n) is 6.37. The summed E-state index contributed by atoms with van der Waals surface area (Å²) in [6.45, 7) is 0.447. The average Bonchev–Trinajstić information content (AvgIpc) is 3.49. The standard InChI is InChI=1S/C30H29F2N3O4S/c1-40-15-12-27(30(37)38)35-29(36)24-11-2-19(16-25(24)20-3-7-22(31)8-4-20)17-39-18-26(28-33-13-14-34-28)21-5-9-23(32)10-6-21/h2-11,13-14,16,26-27H,12,15,17-18H2,1H3,(H,33,34)(H,35,36)(H,37,38)/t26?,27-/m0/s1. The lowest BCUT2D eigenvalue weighted by atomic mass is 9.96. The number of carbonyl (C=O) groups excluding carboxylic acids is 1. The molecule has 208 valence electrons. The summed E-state index contributed by atoms with van der Waals surface area (Å²) in [6.07, 6.45) is 5.50. The SMILES string of the molecule is CSCC[C@H](NC(=O)c1ccc(COCC(c2ccc(F)cc2)c2ncc[nH]2)cc1-c1ccc(F)cc1)C(=O)O. The second kappa shape index (κ2) is 13.9. The summed E-state index contributed by atoms with van der Waals surface area (Å²) >= 11 is 1.49. The van der Waals surface area contributed by atoms with Crippen molar-refractivity contribution >= 4 is 23.6 Å². The van der Waals surface area contributed by atoms with E-state index in [0.29, 0.717) is 22.7 Å². The number of rotatable bonds is 13. The highest BCUT2D eigenvalue weighted by atomic mass is 32.2. The quantitative estimate of drug-likeness (QED) is 0.194. The highest BCUT2D eigenvalue weighted by Crippen LogP contribution is 2.27. The maximum absolute atomic E-state index is 13.6. The van der Waals surface area contributed by atoms with Gasteiger partial charge in [0.15, 0.2) is 0 Å². The number of amides is 1. The Morgan fingerprint density at radius 1 is 1.05 bits per heavy atom. The molecule has 10 heteroatoms. The van der Waals surface area contributed by atoms with Gasteiger partial charge in [-0.25, -0.2) is 18.6 Å². The summed E-state index contributed by atoms with van der Waals surface area (Å²) in [7, 11) is 0. The zero-order valence-corrected chi connectivity index (χ0v) is 22.6. The van der Waals surface area contributed by atoms with E-state index in [2.05, 4.69) is 15.3 Å². The number of imidazole rings is 1. The van der Waals surface area contributed by atoms with Gasteiger partial charge >= 0.3 is 5.97 Å². The third kappa shape index (κ3) is 7.55. The summed E-state index contributed by atoms with van der Waals surface area (Å²) in [5.41, 5.74) is 2.98. The molecule has 1 amide bonds. The van der Waals surface area contributed by atoms with Crippen molar-refractivity contribution in [3.05, 3.63) is 113 Å². The Morgan fingerprint density at radius 2 is 1.75 bits per heavy atom. The van der Waals surface area contributed by atoms with Crippen LogP contribution in [-0.2, 0) is 16.1 Å². The molecule has 0 aliphatic heterocycles. The molecule has 4 rings (SSSR count). The molecule has 4 aromatic rings. The number of ether oxygens (including phenoxy) is 1. The van der Waals surface area contributed by atoms with Crippen LogP contribution in [0.25, 0.3) is 11.1 Å². The zero-order chi connectivity index (χ0) is 28.5. The Morgan fingerprint density at radius 3 is 2.38 bits per heavy atom. The van der Waals surface area contributed by atoms with Crippen LogP contribution < -0.4 is 5.32 Å². The predicted octanol–water partition coefficient (Wildman–Crippen LogP) is 5.64. The van der Waals surface area contributed by atoms with Gasteiger partial charge in [0.1, 0.15) is 23.5 Å². The molecule has 0 aliphatic carbocycles. The van der Waals surface area contributed by atoms with E-state index in [1.54, 1.807) is 54.9 Å². The minimum atomic E-state index is -1.11. The largest absolute Gasteiger partial charge is 0.480 e. The molecule has 7 nitrogen and oxygen atoms in total. The first-order chi connectivity index (χ1) is 19.4.